The summed E-state index contributed by atoms with van der Waals surface area (Å²) in [7, 11) is 0. The second-order valence-corrected chi connectivity index (χ2v) is 8.18. The number of aromatic nitrogens is 1. The van der Waals surface area contributed by atoms with Crippen molar-refractivity contribution in [1.29, 1.82) is 0 Å². The normalized spacial score (nSPS) is 14.4. The Kier molecular flexibility index (Phi) is 5.19. The van der Waals surface area contributed by atoms with E-state index in [-0.39, 0.29) is 11.5 Å². The van der Waals surface area contributed by atoms with Gasteiger partial charge in [-0.25, -0.2) is 4.99 Å². The van der Waals surface area contributed by atoms with Crippen LogP contribution in [0.25, 0.3) is 16.8 Å². The number of aromatic hydroxyl groups is 2. The fraction of sp³-hybridized carbons (Fsp3) is 0.0690. The van der Waals surface area contributed by atoms with Crippen molar-refractivity contribution in [2.75, 3.05) is 0 Å². The van der Waals surface area contributed by atoms with Crippen molar-refractivity contribution < 1.29 is 10.2 Å². The molecule has 2 heterocycles. The van der Waals surface area contributed by atoms with Gasteiger partial charge in [0.2, 0.25) is 0 Å². The van der Waals surface area contributed by atoms with Crippen LogP contribution in [0.5, 0.6) is 11.5 Å². The molecule has 0 unspecified atom stereocenters. The van der Waals surface area contributed by atoms with Crippen LogP contribution in [0.3, 0.4) is 0 Å². The van der Waals surface area contributed by atoms with E-state index in [9.17, 15) is 10.2 Å². The van der Waals surface area contributed by atoms with Crippen molar-refractivity contribution in [2.24, 2.45) is 4.99 Å². The molecule has 0 amide bonds. The summed E-state index contributed by atoms with van der Waals surface area (Å²) in [6.45, 7) is 3.77. The minimum absolute atomic E-state index is 0.250. The van der Waals surface area contributed by atoms with E-state index < -0.39 is 0 Å². The molecule has 0 atom stereocenters. The predicted molar refractivity (Wildman–Crippen MR) is 134 cm³/mol. The zero-order valence-electron chi connectivity index (χ0n) is 18.5. The third-order valence-electron chi connectivity index (χ3n) is 5.96. The molecule has 1 aliphatic heterocycles. The van der Waals surface area contributed by atoms with Gasteiger partial charge < -0.3 is 15.2 Å². The molecule has 0 spiro atoms. The Morgan fingerprint density at radius 2 is 1.36 bits per heavy atom. The quantitative estimate of drug-likeness (QED) is 0.343. The fourth-order valence-electron chi connectivity index (χ4n) is 4.14. The van der Waals surface area contributed by atoms with Gasteiger partial charge >= 0.3 is 0 Å². The number of hydrogen-bond donors (Lipinski definition) is 3. The predicted octanol–water partition coefficient (Wildman–Crippen LogP) is 6.53. The molecule has 4 aromatic rings. The molecule has 0 saturated heterocycles. The second kappa shape index (κ2) is 8.32. The van der Waals surface area contributed by atoms with E-state index in [1.54, 1.807) is 0 Å². The number of para-hydroxylation sites is 2. The number of nitrogens with zero attached hydrogens (tertiary/aromatic N) is 1. The van der Waals surface area contributed by atoms with Gasteiger partial charge in [-0.05, 0) is 67.0 Å². The molecule has 0 fully saturated rings. The number of benzene rings is 3. The number of rotatable bonds is 4. The Morgan fingerprint density at radius 3 is 2.09 bits per heavy atom. The Morgan fingerprint density at radius 1 is 0.697 bits per heavy atom. The Labute approximate surface area is 192 Å². The molecule has 0 saturated carbocycles. The van der Waals surface area contributed by atoms with E-state index in [1.165, 1.54) is 0 Å². The molecule has 0 aliphatic carbocycles. The summed E-state index contributed by atoms with van der Waals surface area (Å²) in [5.41, 5.74) is 8.36. The van der Waals surface area contributed by atoms with Gasteiger partial charge in [0.15, 0.2) is 0 Å². The molecule has 3 aromatic carbocycles. The molecule has 5 rings (SSSR count). The van der Waals surface area contributed by atoms with Crippen molar-refractivity contribution in [3.63, 3.8) is 0 Å². The van der Waals surface area contributed by atoms with Gasteiger partial charge in [-0.3, -0.25) is 0 Å². The van der Waals surface area contributed by atoms with Crippen LogP contribution in [0.1, 0.15) is 27.9 Å². The number of nitrogens with one attached hydrogen (secondary N) is 1. The lowest BCUT2D eigenvalue weighted by Crippen LogP contribution is -1.96. The van der Waals surface area contributed by atoms with Crippen LogP contribution in [-0.2, 0) is 0 Å². The van der Waals surface area contributed by atoms with E-state index in [0.717, 1.165) is 50.6 Å². The van der Waals surface area contributed by atoms with Crippen LogP contribution in [0.4, 0.5) is 0 Å². The lowest BCUT2D eigenvalue weighted by Gasteiger charge is -2.10. The maximum Gasteiger partial charge on any atom is 0.127 e. The maximum absolute atomic E-state index is 10.5. The first-order valence-corrected chi connectivity index (χ1v) is 10.9. The van der Waals surface area contributed by atoms with Gasteiger partial charge in [0.1, 0.15) is 11.5 Å². The van der Waals surface area contributed by atoms with Crippen molar-refractivity contribution in [2.45, 2.75) is 13.8 Å². The van der Waals surface area contributed by atoms with Crippen LogP contribution in [0.2, 0.25) is 0 Å². The van der Waals surface area contributed by atoms with Crippen LogP contribution < -0.4 is 0 Å². The molecular formula is C29H24N2O2. The number of aliphatic imine (C=N–C) groups is 1. The second-order valence-electron chi connectivity index (χ2n) is 8.18. The van der Waals surface area contributed by atoms with E-state index in [4.69, 9.17) is 4.99 Å². The zero-order valence-corrected chi connectivity index (χ0v) is 18.5. The highest BCUT2D eigenvalue weighted by atomic mass is 16.3. The third kappa shape index (κ3) is 3.76. The van der Waals surface area contributed by atoms with E-state index >= 15 is 0 Å². The highest BCUT2D eigenvalue weighted by Gasteiger charge is 2.19. The molecule has 162 valence electrons. The topological polar surface area (TPSA) is 68.6 Å². The van der Waals surface area contributed by atoms with E-state index in [1.807, 2.05) is 92.7 Å². The summed E-state index contributed by atoms with van der Waals surface area (Å²) >= 11 is 0. The van der Waals surface area contributed by atoms with Gasteiger partial charge in [-0.2, -0.15) is 0 Å². The molecule has 4 heteroatoms. The van der Waals surface area contributed by atoms with Gasteiger partial charge in [0, 0.05) is 28.1 Å². The highest BCUT2D eigenvalue weighted by Crippen LogP contribution is 2.36. The molecular weight excluding hydrogens is 408 g/mol. The Bertz CT molecular complexity index is 1440. The lowest BCUT2D eigenvalue weighted by atomic mass is 10.0. The smallest absolute Gasteiger partial charge is 0.127 e. The minimum atomic E-state index is 0.250. The first-order valence-electron chi connectivity index (χ1n) is 10.9. The van der Waals surface area contributed by atoms with E-state index in [2.05, 4.69) is 17.1 Å². The Balaban J connectivity index is 1.65. The first-order chi connectivity index (χ1) is 16.0. The van der Waals surface area contributed by atoms with Crippen LogP contribution in [-0.4, -0.2) is 20.9 Å². The van der Waals surface area contributed by atoms with Gasteiger partial charge in [-0.15, -0.1) is 0 Å². The molecule has 0 radical (unpaired) electrons. The molecule has 4 nitrogen and oxygen atoms in total. The first kappa shape index (κ1) is 20.6. The monoisotopic (exact) mass is 432 g/mol. The standard InChI is InChI=1S/C29H24N2O2/c1-18-8-6-12-21(28(18)32)23-14-16-25(30-23)27(20-10-4-3-5-11-20)26-17-15-24(31-26)22-13-7-9-19(2)29(22)33/h3-17,30,32-33H,1-2H3/b27-26-. The number of phenols is 2. The number of aromatic amines is 1. The lowest BCUT2D eigenvalue weighted by molar-refractivity contribution is 0.470. The molecule has 0 bridgehead atoms. The highest BCUT2D eigenvalue weighted by molar-refractivity contribution is 6.14. The number of H-pyrrole nitrogens is 1. The van der Waals surface area contributed by atoms with Crippen molar-refractivity contribution in [3.8, 4) is 22.8 Å². The Hall–Kier alpha value is -4.31. The molecule has 33 heavy (non-hydrogen) atoms. The van der Waals surface area contributed by atoms with Crippen molar-refractivity contribution >= 4 is 11.3 Å². The zero-order chi connectivity index (χ0) is 22.9. The molecule has 3 N–H and O–H groups in total. The minimum Gasteiger partial charge on any atom is -0.507 e. The largest absolute Gasteiger partial charge is 0.507 e. The molecule has 1 aliphatic rings. The van der Waals surface area contributed by atoms with E-state index in [0.29, 0.717) is 5.56 Å². The van der Waals surface area contributed by atoms with Crippen molar-refractivity contribution in [1.82, 2.24) is 4.98 Å². The number of allylic oxidation sites excluding steroid dienone is 2. The average Bonchev–Trinajstić information content (AvgIpc) is 3.49. The summed E-state index contributed by atoms with van der Waals surface area (Å²) in [6, 6.07) is 25.5. The SMILES string of the molecule is Cc1cccc(C2=N/C(=C(/c3ccccc3)c3ccc(-c4cccc(C)c4O)[nH]3)C=C2)c1O. The van der Waals surface area contributed by atoms with Crippen molar-refractivity contribution in [3.05, 3.63) is 125 Å². The van der Waals surface area contributed by atoms with Gasteiger partial charge in [0.25, 0.3) is 0 Å². The summed E-state index contributed by atoms with van der Waals surface area (Å²) in [5.74, 6) is 0.524. The molecule has 1 aromatic heterocycles. The third-order valence-corrected chi connectivity index (χ3v) is 5.96. The van der Waals surface area contributed by atoms with Crippen LogP contribution in [0.15, 0.2) is 102 Å². The van der Waals surface area contributed by atoms with Gasteiger partial charge in [0.05, 0.1) is 11.4 Å². The summed E-state index contributed by atoms with van der Waals surface area (Å²) in [4.78, 5) is 8.36. The average molecular weight is 433 g/mol. The van der Waals surface area contributed by atoms with Gasteiger partial charge in [-0.1, -0.05) is 54.6 Å². The maximum atomic E-state index is 10.5. The van der Waals surface area contributed by atoms with Crippen LogP contribution >= 0.6 is 0 Å². The van der Waals surface area contributed by atoms with Crippen LogP contribution in [0, 0.1) is 13.8 Å². The summed E-state index contributed by atoms with van der Waals surface area (Å²) in [5, 5.41) is 21.1. The number of hydrogen-bond acceptors (Lipinski definition) is 3. The summed E-state index contributed by atoms with van der Waals surface area (Å²) < 4.78 is 0. The fourth-order valence-corrected chi connectivity index (χ4v) is 4.14. The number of aryl methyl sites for hydroxylation is 2. The summed E-state index contributed by atoms with van der Waals surface area (Å²) in [6.07, 6.45) is 3.91. The number of phenolic OH excluding ortho intramolecular Hbond substituents is 2.